The fraction of sp³-hybridized carbons (Fsp3) is 0.174. The fourth-order valence-electron chi connectivity index (χ4n) is 3.35. The van der Waals surface area contributed by atoms with Crippen molar-refractivity contribution in [3.05, 3.63) is 60.2 Å². The van der Waals surface area contributed by atoms with Crippen molar-refractivity contribution in [2.24, 2.45) is 0 Å². The lowest BCUT2D eigenvalue weighted by Gasteiger charge is -2.19. The zero-order chi connectivity index (χ0) is 21.2. The second-order valence-electron chi connectivity index (χ2n) is 6.98. The van der Waals surface area contributed by atoms with E-state index in [4.69, 9.17) is 9.47 Å². The third-order valence-corrected chi connectivity index (χ3v) is 6.87. The van der Waals surface area contributed by atoms with E-state index < -0.39 is 0 Å². The summed E-state index contributed by atoms with van der Waals surface area (Å²) in [5.74, 6) is 1.23. The van der Waals surface area contributed by atoms with Crippen LogP contribution >= 0.6 is 23.1 Å². The molecule has 2 aromatic heterocycles. The van der Waals surface area contributed by atoms with Crippen LogP contribution in [0.5, 0.6) is 11.5 Å². The number of fused-ring (bicyclic) bond motifs is 2. The molecule has 0 fully saturated rings. The highest BCUT2D eigenvalue weighted by molar-refractivity contribution is 8.00. The number of thioether (sulfide) groups is 1. The predicted molar refractivity (Wildman–Crippen MR) is 124 cm³/mol. The van der Waals surface area contributed by atoms with Gasteiger partial charge < -0.3 is 14.8 Å². The Morgan fingerprint density at radius 1 is 1.10 bits per heavy atom. The number of anilines is 1. The lowest BCUT2D eigenvalue weighted by molar-refractivity contribution is -0.115. The van der Waals surface area contributed by atoms with Crippen molar-refractivity contribution in [2.75, 3.05) is 18.5 Å². The maximum absolute atomic E-state index is 12.9. The highest BCUT2D eigenvalue weighted by Gasteiger charge is 2.21. The molecule has 1 atom stereocenters. The number of hydrogen-bond acceptors (Lipinski definition) is 7. The Labute approximate surface area is 187 Å². The maximum atomic E-state index is 12.9. The van der Waals surface area contributed by atoms with Gasteiger partial charge in [-0.1, -0.05) is 42.1 Å². The van der Waals surface area contributed by atoms with Crippen LogP contribution in [0.3, 0.4) is 0 Å². The first-order valence-corrected chi connectivity index (χ1v) is 11.6. The third kappa shape index (κ3) is 4.08. The summed E-state index contributed by atoms with van der Waals surface area (Å²) in [6.45, 7) is 2.92. The number of nitrogens with zero attached hydrogens (tertiary/aromatic N) is 2. The van der Waals surface area contributed by atoms with E-state index in [9.17, 15) is 4.79 Å². The summed E-state index contributed by atoms with van der Waals surface area (Å²) < 4.78 is 11.1. The molecule has 2 aromatic carbocycles. The zero-order valence-corrected chi connectivity index (χ0v) is 18.3. The summed E-state index contributed by atoms with van der Waals surface area (Å²) in [6, 6.07) is 15.6. The lowest BCUT2D eigenvalue weighted by Crippen LogP contribution is -2.23. The molecule has 1 aliphatic rings. The van der Waals surface area contributed by atoms with Gasteiger partial charge in [0, 0.05) is 22.7 Å². The Morgan fingerprint density at radius 2 is 1.90 bits per heavy atom. The maximum Gasteiger partial charge on any atom is 0.237 e. The van der Waals surface area contributed by atoms with Gasteiger partial charge in [-0.15, -0.1) is 11.3 Å². The smallest absolute Gasteiger partial charge is 0.237 e. The van der Waals surface area contributed by atoms with Crippen LogP contribution in [-0.2, 0) is 4.79 Å². The van der Waals surface area contributed by atoms with Gasteiger partial charge in [-0.2, -0.15) is 0 Å². The number of thiophene rings is 1. The van der Waals surface area contributed by atoms with Crippen LogP contribution in [-0.4, -0.2) is 34.3 Å². The average Bonchev–Trinajstić information content (AvgIpc) is 3.25. The SMILES string of the molecule is C[C@@H](Sc1ncnc2scc(-c3ccccc3)c12)C(=O)Nc1ccc2c(c1)OCCO2. The Kier molecular flexibility index (Phi) is 5.48. The Bertz CT molecular complexity index is 1240. The molecule has 0 aliphatic carbocycles. The molecule has 1 amide bonds. The Balaban J connectivity index is 1.37. The van der Waals surface area contributed by atoms with Gasteiger partial charge in [0.2, 0.25) is 5.91 Å². The van der Waals surface area contributed by atoms with E-state index in [2.05, 4.69) is 32.8 Å². The number of carbonyl (C=O) groups is 1. The van der Waals surface area contributed by atoms with Crippen molar-refractivity contribution in [1.82, 2.24) is 9.97 Å². The van der Waals surface area contributed by atoms with Gasteiger partial charge in [0.05, 0.1) is 10.6 Å². The monoisotopic (exact) mass is 449 g/mol. The second kappa shape index (κ2) is 8.56. The molecule has 0 unspecified atom stereocenters. The van der Waals surface area contributed by atoms with E-state index in [-0.39, 0.29) is 11.2 Å². The van der Waals surface area contributed by atoms with Crippen LogP contribution in [0.25, 0.3) is 21.3 Å². The average molecular weight is 450 g/mol. The molecule has 156 valence electrons. The normalized spacial score (nSPS) is 13.7. The van der Waals surface area contributed by atoms with E-state index in [1.54, 1.807) is 23.7 Å². The molecular weight excluding hydrogens is 430 g/mol. The predicted octanol–water partition coefficient (Wildman–Crippen LogP) is 5.25. The minimum atomic E-state index is -0.352. The summed E-state index contributed by atoms with van der Waals surface area (Å²) in [6.07, 6.45) is 1.56. The van der Waals surface area contributed by atoms with Gasteiger partial charge in [-0.25, -0.2) is 9.97 Å². The summed E-state index contributed by atoms with van der Waals surface area (Å²) in [5.41, 5.74) is 2.87. The van der Waals surface area contributed by atoms with E-state index >= 15 is 0 Å². The molecule has 1 N–H and O–H groups in total. The number of hydrogen-bond donors (Lipinski definition) is 1. The van der Waals surface area contributed by atoms with Gasteiger partial charge in [0.1, 0.15) is 29.4 Å². The largest absolute Gasteiger partial charge is 0.486 e. The zero-order valence-electron chi connectivity index (χ0n) is 16.7. The van der Waals surface area contributed by atoms with Crippen molar-refractivity contribution < 1.29 is 14.3 Å². The van der Waals surface area contributed by atoms with Gasteiger partial charge in [0.25, 0.3) is 0 Å². The van der Waals surface area contributed by atoms with Crippen molar-refractivity contribution in [3.8, 4) is 22.6 Å². The van der Waals surface area contributed by atoms with Gasteiger partial charge in [-0.3, -0.25) is 4.79 Å². The molecule has 0 radical (unpaired) electrons. The first kappa shape index (κ1) is 19.8. The first-order valence-electron chi connectivity index (χ1n) is 9.84. The van der Waals surface area contributed by atoms with Crippen LogP contribution in [0.2, 0.25) is 0 Å². The second-order valence-corrected chi connectivity index (χ2v) is 9.17. The van der Waals surface area contributed by atoms with E-state index in [1.807, 2.05) is 37.3 Å². The Morgan fingerprint density at radius 3 is 2.74 bits per heavy atom. The molecule has 6 nitrogen and oxygen atoms in total. The summed E-state index contributed by atoms with van der Waals surface area (Å²) in [7, 11) is 0. The number of benzene rings is 2. The van der Waals surface area contributed by atoms with Crippen molar-refractivity contribution in [2.45, 2.75) is 17.2 Å². The summed E-state index contributed by atoms with van der Waals surface area (Å²) in [5, 5.41) is 6.50. The number of rotatable bonds is 5. The van der Waals surface area contributed by atoms with E-state index in [0.717, 1.165) is 26.4 Å². The quantitative estimate of drug-likeness (QED) is 0.331. The Hall–Kier alpha value is -3.10. The molecule has 5 rings (SSSR count). The third-order valence-electron chi connectivity index (χ3n) is 4.89. The lowest BCUT2D eigenvalue weighted by atomic mass is 10.1. The fourth-order valence-corrected chi connectivity index (χ4v) is 5.27. The number of nitrogens with one attached hydrogen (secondary N) is 1. The number of aromatic nitrogens is 2. The van der Waals surface area contributed by atoms with E-state index in [1.165, 1.54) is 11.8 Å². The molecule has 4 aromatic rings. The van der Waals surface area contributed by atoms with Gasteiger partial charge >= 0.3 is 0 Å². The van der Waals surface area contributed by atoms with Crippen LogP contribution in [0, 0.1) is 0 Å². The van der Waals surface area contributed by atoms with E-state index in [0.29, 0.717) is 30.4 Å². The highest BCUT2D eigenvalue weighted by atomic mass is 32.2. The molecule has 0 saturated heterocycles. The van der Waals surface area contributed by atoms with Crippen molar-refractivity contribution >= 4 is 44.9 Å². The molecule has 8 heteroatoms. The highest BCUT2D eigenvalue weighted by Crippen LogP contribution is 2.39. The van der Waals surface area contributed by atoms with Crippen molar-refractivity contribution in [3.63, 3.8) is 0 Å². The number of amides is 1. The molecule has 31 heavy (non-hydrogen) atoms. The van der Waals surface area contributed by atoms with Crippen LogP contribution in [0.4, 0.5) is 5.69 Å². The van der Waals surface area contributed by atoms with Crippen LogP contribution < -0.4 is 14.8 Å². The molecule has 0 bridgehead atoms. The summed E-state index contributed by atoms with van der Waals surface area (Å²) >= 11 is 3.01. The molecule has 0 saturated carbocycles. The molecule has 0 spiro atoms. The van der Waals surface area contributed by atoms with Crippen LogP contribution in [0.1, 0.15) is 6.92 Å². The first-order chi connectivity index (χ1) is 15.2. The van der Waals surface area contributed by atoms with Gasteiger partial charge in [0.15, 0.2) is 11.5 Å². The number of carbonyl (C=O) groups excluding carboxylic acids is 1. The minimum absolute atomic E-state index is 0.107. The number of ether oxygens (including phenoxy) is 2. The topological polar surface area (TPSA) is 73.3 Å². The van der Waals surface area contributed by atoms with Gasteiger partial charge in [-0.05, 0) is 24.6 Å². The standard InChI is InChI=1S/C23H19N3O3S2/c1-14(21(27)26-16-7-8-18-19(11-16)29-10-9-28-18)31-23-20-17(15-5-3-2-4-6-15)12-30-22(20)24-13-25-23/h2-8,11-14H,9-10H2,1H3,(H,26,27)/t14-/m1/s1. The molecule has 3 heterocycles. The minimum Gasteiger partial charge on any atom is -0.486 e. The molecular formula is C23H19N3O3S2. The summed E-state index contributed by atoms with van der Waals surface area (Å²) in [4.78, 5) is 22.7. The van der Waals surface area contributed by atoms with Crippen molar-refractivity contribution in [1.29, 1.82) is 0 Å². The molecule has 1 aliphatic heterocycles. The van der Waals surface area contributed by atoms with Crippen LogP contribution in [0.15, 0.2) is 65.3 Å².